The van der Waals surface area contributed by atoms with E-state index >= 15 is 0 Å². The maximum Gasteiger partial charge on any atom is 0.226 e. The first-order valence-electron chi connectivity index (χ1n) is 8.35. The number of carbonyl (C=O) groups is 1. The highest BCUT2D eigenvalue weighted by molar-refractivity contribution is 7.15. The first-order valence-corrected chi connectivity index (χ1v) is 9.17. The van der Waals surface area contributed by atoms with Crippen molar-refractivity contribution in [1.82, 2.24) is 30.4 Å². The van der Waals surface area contributed by atoms with Gasteiger partial charge in [0, 0.05) is 13.0 Å². The van der Waals surface area contributed by atoms with Gasteiger partial charge in [0.05, 0.1) is 5.69 Å². The van der Waals surface area contributed by atoms with Crippen LogP contribution in [-0.4, -0.2) is 42.9 Å². The lowest BCUT2D eigenvalue weighted by Crippen LogP contribution is -2.12. The summed E-state index contributed by atoms with van der Waals surface area (Å²) in [6, 6.07) is 7.76. The number of hydrogen-bond donors (Lipinski definition) is 1. The van der Waals surface area contributed by atoms with Gasteiger partial charge in [0.1, 0.15) is 17.4 Å². The van der Waals surface area contributed by atoms with E-state index in [1.165, 1.54) is 17.7 Å². The van der Waals surface area contributed by atoms with Crippen molar-refractivity contribution in [2.45, 2.75) is 31.8 Å². The molecule has 1 amide bonds. The van der Waals surface area contributed by atoms with Crippen LogP contribution in [0.2, 0.25) is 0 Å². The van der Waals surface area contributed by atoms with Crippen LogP contribution in [0.3, 0.4) is 0 Å². The second kappa shape index (κ2) is 7.67. The molecule has 1 aromatic carbocycles. The Labute approximate surface area is 153 Å². The van der Waals surface area contributed by atoms with Gasteiger partial charge in [-0.1, -0.05) is 23.5 Å². The molecule has 0 radical (unpaired) electrons. The number of ether oxygens (including phenoxy) is 1. The van der Waals surface area contributed by atoms with Gasteiger partial charge in [-0.15, -0.1) is 15.3 Å². The highest BCUT2D eigenvalue weighted by Gasteiger charge is 2.22. The lowest BCUT2D eigenvalue weighted by molar-refractivity contribution is -0.116. The molecule has 3 aromatic rings. The lowest BCUT2D eigenvalue weighted by Gasteiger charge is -2.04. The molecule has 1 fully saturated rings. The van der Waals surface area contributed by atoms with Crippen LogP contribution in [0, 0.1) is 0 Å². The minimum atomic E-state index is -0.0791. The van der Waals surface area contributed by atoms with Crippen LogP contribution in [0.4, 0.5) is 5.13 Å². The number of carbonyl (C=O) groups excluding carboxylic acids is 1. The van der Waals surface area contributed by atoms with Crippen LogP contribution in [0.25, 0.3) is 5.69 Å². The van der Waals surface area contributed by atoms with Crippen LogP contribution in [0.15, 0.2) is 30.6 Å². The molecular weight excluding hydrogens is 354 g/mol. The number of nitrogens with zero attached hydrogens (tertiary/aromatic N) is 6. The molecule has 4 rings (SSSR count). The minimum Gasteiger partial charge on any atom is -0.371 e. The summed E-state index contributed by atoms with van der Waals surface area (Å²) in [6.45, 7) is 0.762. The second-order valence-corrected chi connectivity index (χ2v) is 6.93. The number of rotatable bonds is 6. The van der Waals surface area contributed by atoms with Gasteiger partial charge in [0.15, 0.2) is 0 Å². The van der Waals surface area contributed by atoms with Gasteiger partial charge in [0.2, 0.25) is 11.0 Å². The van der Waals surface area contributed by atoms with Crippen molar-refractivity contribution in [3.05, 3.63) is 41.2 Å². The van der Waals surface area contributed by atoms with Crippen LogP contribution in [0.5, 0.6) is 0 Å². The van der Waals surface area contributed by atoms with Crippen molar-refractivity contribution in [1.29, 1.82) is 0 Å². The van der Waals surface area contributed by atoms with Gasteiger partial charge in [-0.05, 0) is 47.4 Å². The SMILES string of the molecule is O=C(CCc1ccc(-n2cnnn2)cc1)Nc1nnc(C2CCCO2)s1. The topological polar surface area (TPSA) is 108 Å². The minimum absolute atomic E-state index is 0.0249. The number of anilines is 1. The first-order chi connectivity index (χ1) is 12.8. The Morgan fingerprint density at radius 3 is 2.92 bits per heavy atom. The van der Waals surface area contributed by atoms with Crippen molar-refractivity contribution in [2.75, 3.05) is 11.9 Å². The van der Waals surface area contributed by atoms with Crippen molar-refractivity contribution < 1.29 is 9.53 Å². The van der Waals surface area contributed by atoms with Crippen LogP contribution in [-0.2, 0) is 16.0 Å². The zero-order valence-electron chi connectivity index (χ0n) is 13.9. The Kier molecular flexibility index (Phi) is 4.93. The van der Waals surface area contributed by atoms with Gasteiger partial charge >= 0.3 is 0 Å². The monoisotopic (exact) mass is 371 g/mol. The van der Waals surface area contributed by atoms with Crippen molar-refractivity contribution in [3.63, 3.8) is 0 Å². The summed E-state index contributed by atoms with van der Waals surface area (Å²) in [5, 5.41) is 23.4. The molecule has 0 saturated carbocycles. The summed E-state index contributed by atoms with van der Waals surface area (Å²) in [5.74, 6) is -0.0791. The average Bonchev–Trinajstić information content (AvgIpc) is 3.41. The summed E-state index contributed by atoms with van der Waals surface area (Å²) < 4.78 is 7.16. The number of amides is 1. The third kappa shape index (κ3) is 3.92. The standard InChI is InChI=1S/C16H17N7O2S/c24-14(18-16-20-19-15(26-16)13-2-1-9-25-13)8-5-11-3-6-12(7-4-11)23-10-17-21-22-23/h3-4,6-7,10,13H,1-2,5,8-9H2,(H,18,20,24). The van der Waals surface area contributed by atoms with E-state index in [-0.39, 0.29) is 12.0 Å². The summed E-state index contributed by atoms with van der Waals surface area (Å²) >= 11 is 1.38. The maximum atomic E-state index is 12.1. The highest BCUT2D eigenvalue weighted by Crippen LogP contribution is 2.31. The van der Waals surface area contributed by atoms with Crippen molar-refractivity contribution >= 4 is 22.4 Å². The fourth-order valence-electron chi connectivity index (χ4n) is 2.72. The lowest BCUT2D eigenvalue weighted by atomic mass is 10.1. The van der Waals surface area contributed by atoms with E-state index in [4.69, 9.17) is 4.74 Å². The van der Waals surface area contributed by atoms with E-state index in [1.54, 1.807) is 4.68 Å². The molecule has 26 heavy (non-hydrogen) atoms. The third-order valence-corrected chi connectivity index (χ3v) is 5.01. The summed E-state index contributed by atoms with van der Waals surface area (Å²) in [6.07, 6.45) is 4.58. The van der Waals surface area contributed by atoms with E-state index in [0.29, 0.717) is 18.0 Å². The van der Waals surface area contributed by atoms with Crippen LogP contribution in [0.1, 0.15) is 35.9 Å². The van der Waals surface area contributed by atoms with Gasteiger partial charge in [-0.25, -0.2) is 4.68 Å². The predicted molar refractivity (Wildman–Crippen MR) is 93.9 cm³/mol. The molecule has 2 aromatic heterocycles. The molecule has 1 unspecified atom stereocenters. The zero-order valence-corrected chi connectivity index (χ0v) is 14.7. The van der Waals surface area contributed by atoms with E-state index < -0.39 is 0 Å². The third-order valence-electron chi connectivity index (χ3n) is 4.08. The smallest absolute Gasteiger partial charge is 0.226 e. The Hall–Kier alpha value is -2.72. The molecule has 134 valence electrons. The van der Waals surface area contributed by atoms with E-state index in [2.05, 4.69) is 31.0 Å². The van der Waals surface area contributed by atoms with Crippen LogP contribution < -0.4 is 5.32 Å². The Morgan fingerprint density at radius 1 is 1.31 bits per heavy atom. The molecule has 1 atom stereocenters. The molecule has 0 bridgehead atoms. The molecule has 9 nitrogen and oxygen atoms in total. The fraction of sp³-hybridized carbons (Fsp3) is 0.375. The van der Waals surface area contributed by atoms with Gasteiger partial charge < -0.3 is 10.1 Å². The zero-order chi connectivity index (χ0) is 17.8. The fourth-order valence-corrected chi connectivity index (χ4v) is 3.57. The number of aromatic nitrogens is 6. The van der Waals surface area contributed by atoms with Gasteiger partial charge in [-0.3, -0.25) is 4.79 Å². The molecule has 0 spiro atoms. The number of aryl methyl sites for hydroxylation is 1. The highest BCUT2D eigenvalue weighted by atomic mass is 32.1. The number of benzene rings is 1. The van der Waals surface area contributed by atoms with E-state index in [9.17, 15) is 4.79 Å². The summed E-state index contributed by atoms with van der Waals surface area (Å²) in [4.78, 5) is 12.1. The molecule has 1 N–H and O–H groups in total. The second-order valence-electron chi connectivity index (χ2n) is 5.92. The largest absolute Gasteiger partial charge is 0.371 e. The normalized spacial score (nSPS) is 16.7. The number of tetrazole rings is 1. The molecule has 10 heteroatoms. The van der Waals surface area contributed by atoms with Crippen molar-refractivity contribution in [2.24, 2.45) is 0 Å². The first kappa shape index (κ1) is 16.7. The maximum absolute atomic E-state index is 12.1. The Balaban J connectivity index is 1.28. The molecule has 0 aliphatic carbocycles. The average molecular weight is 371 g/mol. The number of nitrogens with one attached hydrogen (secondary N) is 1. The molecule has 1 aliphatic heterocycles. The van der Waals surface area contributed by atoms with Gasteiger partial charge in [0.25, 0.3) is 0 Å². The number of hydrogen-bond acceptors (Lipinski definition) is 8. The molecule has 3 heterocycles. The summed E-state index contributed by atoms with van der Waals surface area (Å²) in [5.41, 5.74) is 1.94. The Morgan fingerprint density at radius 2 is 2.19 bits per heavy atom. The predicted octanol–water partition coefficient (Wildman–Crippen LogP) is 1.94. The van der Waals surface area contributed by atoms with Crippen molar-refractivity contribution in [3.8, 4) is 5.69 Å². The van der Waals surface area contributed by atoms with E-state index in [0.717, 1.165) is 35.7 Å². The van der Waals surface area contributed by atoms with Gasteiger partial charge in [-0.2, -0.15) is 0 Å². The Bertz CT molecular complexity index is 857. The summed E-state index contributed by atoms with van der Waals surface area (Å²) in [7, 11) is 0. The van der Waals surface area contributed by atoms with E-state index in [1.807, 2.05) is 24.3 Å². The molecular formula is C16H17N7O2S. The molecule has 1 aliphatic rings. The van der Waals surface area contributed by atoms with Crippen LogP contribution >= 0.6 is 11.3 Å². The quantitative estimate of drug-likeness (QED) is 0.705. The molecule has 1 saturated heterocycles.